The predicted molar refractivity (Wildman–Crippen MR) is 160 cm³/mol. The lowest BCUT2D eigenvalue weighted by molar-refractivity contribution is -0.148. The van der Waals surface area contributed by atoms with E-state index in [9.17, 15) is 19.2 Å². The van der Waals surface area contributed by atoms with Gasteiger partial charge < -0.3 is 19.6 Å². The van der Waals surface area contributed by atoms with Crippen molar-refractivity contribution in [2.45, 2.75) is 31.3 Å². The van der Waals surface area contributed by atoms with E-state index in [1.807, 2.05) is 0 Å². The molecule has 8 nitrogen and oxygen atoms in total. The van der Waals surface area contributed by atoms with Gasteiger partial charge in [0.25, 0.3) is 11.8 Å². The van der Waals surface area contributed by atoms with E-state index >= 15 is 0 Å². The van der Waals surface area contributed by atoms with Crippen molar-refractivity contribution in [1.82, 2.24) is 4.90 Å². The van der Waals surface area contributed by atoms with Crippen LogP contribution >= 0.6 is 45.8 Å². The first-order valence-electron chi connectivity index (χ1n) is 12.4. The number of carboxylic acids is 1. The molecule has 0 saturated carbocycles. The van der Waals surface area contributed by atoms with Crippen LogP contribution in [0.4, 0.5) is 5.69 Å². The molecule has 4 rings (SSSR count). The minimum Gasteiger partial charge on any atom is -0.481 e. The number of nitrogens with zero attached hydrogens (tertiary/aromatic N) is 2. The van der Waals surface area contributed by atoms with Gasteiger partial charge in [-0.2, -0.15) is 0 Å². The summed E-state index contributed by atoms with van der Waals surface area (Å²) in [6.07, 6.45) is 0.689. The van der Waals surface area contributed by atoms with E-state index in [1.165, 1.54) is 16.9 Å². The van der Waals surface area contributed by atoms with E-state index in [0.29, 0.717) is 39.7 Å². The fraction of sp³-hybridized carbons (Fsp3) is 0.241. The summed E-state index contributed by atoms with van der Waals surface area (Å²) in [7, 11) is 1.22. The van der Waals surface area contributed by atoms with Crippen molar-refractivity contribution in [3.63, 3.8) is 0 Å². The molecule has 1 heterocycles. The highest BCUT2D eigenvalue weighted by Crippen LogP contribution is 2.41. The second kappa shape index (κ2) is 13.0. The van der Waals surface area contributed by atoms with Crippen LogP contribution in [0.2, 0.25) is 10.0 Å². The normalized spacial score (nSPS) is 15.8. The fourth-order valence-electron chi connectivity index (χ4n) is 4.71. The van der Waals surface area contributed by atoms with Crippen LogP contribution in [-0.2, 0) is 19.1 Å². The van der Waals surface area contributed by atoms with E-state index in [4.69, 9.17) is 33.0 Å². The SMILES string of the molecule is COC(=O)[C@@H](c1ccc(Cl)cc1)N1C(=O)c2cc(I)ccc2N(CCCCC(=O)O)C(=O)[C@@H]1c1ccc(Cl)cc1. The highest BCUT2D eigenvalue weighted by Gasteiger charge is 2.46. The summed E-state index contributed by atoms with van der Waals surface area (Å²) >= 11 is 14.3. The number of unbranched alkanes of at least 4 members (excludes halogenated alkanes) is 1. The topological polar surface area (TPSA) is 104 Å². The number of aliphatic carboxylic acids is 1. The number of esters is 1. The quantitative estimate of drug-likeness (QED) is 0.160. The molecule has 0 unspecified atom stereocenters. The van der Waals surface area contributed by atoms with Gasteiger partial charge in [-0.25, -0.2) is 4.79 Å². The van der Waals surface area contributed by atoms with Crippen LogP contribution in [0.15, 0.2) is 66.7 Å². The number of methoxy groups -OCH3 is 1. The smallest absolute Gasteiger partial charge is 0.333 e. The first-order chi connectivity index (χ1) is 19.1. The van der Waals surface area contributed by atoms with E-state index in [2.05, 4.69) is 22.6 Å². The molecule has 1 N–H and O–H groups in total. The first-order valence-corrected chi connectivity index (χ1v) is 14.2. The van der Waals surface area contributed by atoms with Crippen LogP contribution in [0, 0.1) is 3.57 Å². The Morgan fingerprint density at radius 1 is 0.975 bits per heavy atom. The van der Waals surface area contributed by atoms with E-state index in [0.717, 1.165) is 3.57 Å². The second-order valence-corrected chi connectivity index (χ2v) is 11.3. The average molecular weight is 695 g/mol. The Morgan fingerprint density at radius 2 is 1.60 bits per heavy atom. The molecule has 0 fully saturated rings. The van der Waals surface area contributed by atoms with Gasteiger partial charge in [0.15, 0.2) is 6.04 Å². The van der Waals surface area contributed by atoms with Crippen molar-refractivity contribution < 1.29 is 29.0 Å². The van der Waals surface area contributed by atoms with Crippen LogP contribution in [0.1, 0.15) is 52.8 Å². The molecule has 0 saturated heterocycles. The highest BCUT2D eigenvalue weighted by molar-refractivity contribution is 14.1. The number of fused-ring (bicyclic) bond motifs is 1. The van der Waals surface area contributed by atoms with Crippen LogP contribution in [-0.4, -0.2) is 47.4 Å². The summed E-state index contributed by atoms with van der Waals surface area (Å²) in [4.78, 5) is 56.1. The fourth-order valence-corrected chi connectivity index (χ4v) is 5.46. The van der Waals surface area contributed by atoms with Crippen LogP contribution in [0.3, 0.4) is 0 Å². The van der Waals surface area contributed by atoms with Gasteiger partial charge in [0.2, 0.25) is 0 Å². The van der Waals surface area contributed by atoms with Gasteiger partial charge >= 0.3 is 11.9 Å². The van der Waals surface area contributed by atoms with Crippen LogP contribution < -0.4 is 4.90 Å². The van der Waals surface area contributed by atoms with Gasteiger partial charge in [-0.3, -0.25) is 14.4 Å². The van der Waals surface area contributed by atoms with Crippen molar-refractivity contribution in [2.75, 3.05) is 18.6 Å². The minimum atomic E-state index is -1.28. The van der Waals surface area contributed by atoms with Gasteiger partial charge in [0.05, 0.1) is 18.4 Å². The van der Waals surface area contributed by atoms with Crippen molar-refractivity contribution in [3.05, 3.63) is 97.0 Å². The Morgan fingerprint density at radius 3 is 2.20 bits per heavy atom. The third-order valence-corrected chi connectivity index (χ3v) is 7.76. The van der Waals surface area contributed by atoms with E-state index in [1.54, 1.807) is 66.7 Å². The number of amides is 2. The third kappa shape index (κ3) is 6.42. The summed E-state index contributed by atoms with van der Waals surface area (Å²) in [6.45, 7) is 0.175. The lowest BCUT2D eigenvalue weighted by atomic mass is 9.97. The number of benzene rings is 3. The Balaban J connectivity index is 1.94. The zero-order chi connectivity index (χ0) is 29.0. The molecule has 0 aromatic heterocycles. The van der Waals surface area contributed by atoms with Crippen molar-refractivity contribution in [2.24, 2.45) is 0 Å². The number of ether oxygens (including phenoxy) is 1. The maximum absolute atomic E-state index is 14.5. The molecule has 208 valence electrons. The van der Waals surface area contributed by atoms with E-state index < -0.39 is 35.8 Å². The molecule has 3 aromatic carbocycles. The molecule has 0 aliphatic carbocycles. The van der Waals surface area contributed by atoms with Crippen LogP contribution in [0.5, 0.6) is 0 Å². The zero-order valence-corrected chi connectivity index (χ0v) is 25.0. The summed E-state index contributed by atoms with van der Waals surface area (Å²) in [5.74, 6) is -2.65. The maximum Gasteiger partial charge on any atom is 0.333 e. The molecule has 40 heavy (non-hydrogen) atoms. The largest absolute Gasteiger partial charge is 0.481 e. The molecule has 3 aromatic rings. The van der Waals surface area contributed by atoms with Gasteiger partial charge in [-0.15, -0.1) is 0 Å². The van der Waals surface area contributed by atoms with E-state index in [-0.39, 0.29) is 18.5 Å². The summed E-state index contributed by atoms with van der Waals surface area (Å²) < 4.78 is 5.91. The zero-order valence-electron chi connectivity index (χ0n) is 21.4. The number of anilines is 1. The average Bonchev–Trinajstić information content (AvgIpc) is 3.01. The van der Waals surface area contributed by atoms with Gasteiger partial charge in [0, 0.05) is 26.6 Å². The number of carbonyl (C=O) groups is 4. The molecule has 1 aliphatic rings. The van der Waals surface area contributed by atoms with Crippen LogP contribution in [0.25, 0.3) is 0 Å². The number of hydrogen-bond acceptors (Lipinski definition) is 5. The number of carboxylic acid groups (broad SMARTS) is 1. The first kappa shape index (κ1) is 29.8. The lowest BCUT2D eigenvalue weighted by Crippen LogP contribution is -2.46. The number of rotatable bonds is 9. The Kier molecular flexibility index (Phi) is 9.70. The third-order valence-electron chi connectivity index (χ3n) is 6.59. The molecule has 11 heteroatoms. The van der Waals surface area contributed by atoms with Crippen molar-refractivity contribution in [3.8, 4) is 0 Å². The number of carbonyl (C=O) groups excluding carboxylic acids is 3. The van der Waals surface area contributed by atoms with Gasteiger partial charge in [0.1, 0.15) is 6.04 Å². The summed E-state index contributed by atoms with van der Waals surface area (Å²) in [5.41, 5.74) is 1.48. The molecule has 0 spiro atoms. The number of halogens is 3. The maximum atomic E-state index is 14.5. The molecule has 1 aliphatic heterocycles. The number of hydrogen-bond donors (Lipinski definition) is 1. The standard InChI is InChI=1S/C29H25Cl2IN2O6/c1-40-29(39)26(18-7-11-20(31)12-8-18)34-25(17-5-9-19(30)10-6-17)28(38)33(15-3-2-4-24(35)36)23-14-13-21(32)16-22(23)27(34)37/h5-14,16,25-26H,2-4,15H2,1H3,(H,35,36)/t25-,26+/m0/s1. The lowest BCUT2D eigenvalue weighted by Gasteiger charge is -2.36. The second-order valence-electron chi connectivity index (χ2n) is 9.15. The van der Waals surface area contributed by atoms with Gasteiger partial charge in [-0.05, 0) is 89.0 Å². The monoisotopic (exact) mass is 694 g/mol. The van der Waals surface area contributed by atoms with Gasteiger partial charge in [-0.1, -0.05) is 47.5 Å². The molecule has 0 bridgehead atoms. The summed E-state index contributed by atoms with van der Waals surface area (Å²) in [6, 6.07) is 15.6. The minimum absolute atomic E-state index is 0.0474. The molecule has 2 atom stereocenters. The Hall–Kier alpha value is -3.15. The summed E-state index contributed by atoms with van der Waals surface area (Å²) in [5, 5.41) is 9.96. The molecule has 0 radical (unpaired) electrons. The van der Waals surface area contributed by atoms with Crippen molar-refractivity contribution >= 4 is 75.2 Å². The molecular weight excluding hydrogens is 670 g/mol. The highest BCUT2D eigenvalue weighted by atomic mass is 127. The van der Waals surface area contributed by atoms with Crippen molar-refractivity contribution in [1.29, 1.82) is 0 Å². The Bertz CT molecular complexity index is 1430. The Labute approximate surface area is 254 Å². The predicted octanol–water partition coefficient (Wildman–Crippen LogP) is 6.30. The molecule has 2 amide bonds. The molecular formula is C29H25Cl2IN2O6.